The molecule has 1 fully saturated rings. The van der Waals surface area contributed by atoms with E-state index in [1.807, 2.05) is 30.3 Å². The average molecular weight is 395 g/mol. The first-order valence-electron chi connectivity index (χ1n) is 9.15. The number of alkyl halides is 3. The van der Waals surface area contributed by atoms with Crippen LogP contribution in [0.15, 0.2) is 48.5 Å². The second kappa shape index (κ2) is 9.16. The molecule has 2 aromatic rings. The molecular weight excluding hydrogens is 371 g/mol. The number of benzene rings is 2. The molecule has 1 heterocycles. The molecule has 8 heteroatoms. The van der Waals surface area contributed by atoms with Crippen LogP contribution < -0.4 is 25.4 Å². The van der Waals surface area contributed by atoms with Gasteiger partial charge in [0.05, 0.1) is 13.3 Å². The van der Waals surface area contributed by atoms with Crippen molar-refractivity contribution >= 4 is 5.69 Å². The van der Waals surface area contributed by atoms with Gasteiger partial charge in [0.2, 0.25) is 0 Å². The highest BCUT2D eigenvalue weighted by Gasteiger charge is 2.31. The molecule has 28 heavy (non-hydrogen) atoms. The first-order chi connectivity index (χ1) is 13.4. The van der Waals surface area contributed by atoms with Gasteiger partial charge in [0.15, 0.2) is 0 Å². The number of hydrogen-bond acceptors (Lipinski definition) is 5. The van der Waals surface area contributed by atoms with Gasteiger partial charge in [-0.25, -0.2) is 0 Å². The molecule has 0 amide bonds. The van der Waals surface area contributed by atoms with Gasteiger partial charge < -0.3 is 20.1 Å². The zero-order valence-electron chi connectivity index (χ0n) is 15.6. The van der Waals surface area contributed by atoms with E-state index >= 15 is 0 Å². The Bertz CT molecular complexity index is 756. The van der Waals surface area contributed by atoms with Crippen molar-refractivity contribution in [1.82, 2.24) is 10.6 Å². The van der Waals surface area contributed by atoms with Gasteiger partial charge in [-0.3, -0.25) is 5.32 Å². The van der Waals surface area contributed by atoms with Gasteiger partial charge in [-0.05, 0) is 49.7 Å². The first-order valence-corrected chi connectivity index (χ1v) is 9.15. The van der Waals surface area contributed by atoms with Crippen molar-refractivity contribution in [2.75, 3.05) is 19.0 Å². The van der Waals surface area contributed by atoms with E-state index in [0.29, 0.717) is 17.9 Å². The number of hydrogen-bond donors (Lipinski definition) is 3. The predicted octanol–water partition coefficient (Wildman–Crippen LogP) is 3.87. The SMILES string of the molecule is COc1ccc(OC(F)(F)F)cc1CN[C@H]1CCCN[C@H]1Nc1ccccc1. The van der Waals surface area contributed by atoms with Crippen LogP contribution in [0.4, 0.5) is 18.9 Å². The van der Waals surface area contributed by atoms with Crippen molar-refractivity contribution in [3.63, 3.8) is 0 Å². The smallest absolute Gasteiger partial charge is 0.496 e. The van der Waals surface area contributed by atoms with Crippen molar-refractivity contribution in [2.45, 2.75) is 38.0 Å². The molecule has 0 radical (unpaired) electrons. The van der Waals surface area contributed by atoms with Gasteiger partial charge in [0, 0.05) is 23.8 Å². The lowest BCUT2D eigenvalue weighted by atomic mass is 10.0. The Morgan fingerprint density at radius 2 is 1.93 bits per heavy atom. The normalized spacial score (nSPS) is 19.9. The van der Waals surface area contributed by atoms with Crippen molar-refractivity contribution in [3.05, 3.63) is 54.1 Å². The Balaban J connectivity index is 1.67. The van der Waals surface area contributed by atoms with Gasteiger partial charge in [-0.15, -0.1) is 13.2 Å². The van der Waals surface area contributed by atoms with Crippen LogP contribution in [0.25, 0.3) is 0 Å². The Hall–Kier alpha value is -2.45. The lowest BCUT2D eigenvalue weighted by Crippen LogP contribution is -2.55. The third-order valence-corrected chi connectivity index (χ3v) is 4.59. The molecule has 0 aromatic heterocycles. The van der Waals surface area contributed by atoms with Crippen LogP contribution in [0.2, 0.25) is 0 Å². The van der Waals surface area contributed by atoms with E-state index in [1.165, 1.54) is 25.3 Å². The maximum atomic E-state index is 12.5. The molecule has 3 rings (SSSR count). The molecule has 0 aliphatic carbocycles. The van der Waals surface area contributed by atoms with Crippen LogP contribution >= 0.6 is 0 Å². The van der Waals surface area contributed by atoms with E-state index in [1.54, 1.807) is 0 Å². The topological polar surface area (TPSA) is 54.6 Å². The fraction of sp³-hybridized carbons (Fsp3) is 0.400. The van der Waals surface area contributed by atoms with Gasteiger partial charge in [-0.2, -0.15) is 0 Å². The number of anilines is 1. The van der Waals surface area contributed by atoms with Crippen molar-refractivity contribution in [3.8, 4) is 11.5 Å². The molecule has 1 saturated heterocycles. The number of rotatable bonds is 7. The Kier molecular flexibility index (Phi) is 6.64. The summed E-state index contributed by atoms with van der Waals surface area (Å²) in [4.78, 5) is 0. The van der Waals surface area contributed by atoms with E-state index in [-0.39, 0.29) is 18.0 Å². The number of halogens is 3. The monoisotopic (exact) mass is 395 g/mol. The van der Waals surface area contributed by atoms with Crippen LogP contribution in [0.3, 0.4) is 0 Å². The number of para-hydroxylation sites is 1. The van der Waals surface area contributed by atoms with E-state index in [0.717, 1.165) is 25.1 Å². The lowest BCUT2D eigenvalue weighted by molar-refractivity contribution is -0.274. The molecule has 0 unspecified atom stereocenters. The van der Waals surface area contributed by atoms with E-state index in [4.69, 9.17) is 4.74 Å². The van der Waals surface area contributed by atoms with Gasteiger partial charge in [0.25, 0.3) is 0 Å². The van der Waals surface area contributed by atoms with Gasteiger partial charge in [-0.1, -0.05) is 18.2 Å². The molecule has 0 saturated carbocycles. The summed E-state index contributed by atoms with van der Waals surface area (Å²) in [5.41, 5.74) is 1.61. The van der Waals surface area contributed by atoms with E-state index in [9.17, 15) is 13.2 Å². The van der Waals surface area contributed by atoms with Gasteiger partial charge >= 0.3 is 6.36 Å². The van der Waals surface area contributed by atoms with Crippen LogP contribution in [0, 0.1) is 0 Å². The molecule has 3 N–H and O–H groups in total. The maximum absolute atomic E-state index is 12.5. The summed E-state index contributed by atoms with van der Waals surface area (Å²) in [5, 5.41) is 10.3. The summed E-state index contributed by atoms with van der Waals surface area (Å²) in [6.07, 6.45) is -2.76. The molecular formula is C20H24F3N3O2. The van der Waals surface area contributed by atoms with Crippen molar-refractivity contribution in [1.29, 1.82) is 0 Å². The van der Waals surface area contributed by atoms with E-state index in [2.05, 4.69) is 20.7 Å². The highest BCUT2D eigenvalue weighted by molar-refractivity contribution is 5.44. The standard InChI is InChI=1S/C20H24F3N3O2/c1-27-18-10-9-16(28-20(21,22)23)12-14(18)13-25-17-8-5-11-24-19(17)26-15-6-3-2-4-7-15/h2-4,6-7,9-10,12,17,19,24-26H,5,8,11,13H2,1H3/t17-,19-/m0/s1. The van der Waals surface area contributed by atoms with Gasteiger partial charge in [0.1, 0.15) is 11.5 Å². The fourth-order valence-corrected chi connectivity index (χ4v) is 3.31. The molecule has 2 atom stereocenters. The molecule has 0 spiro atoms. The second-order valence-electron chi connectivity index (χ2n) is 6.59. The molecule has 1 aliphatic rings. The molecule has 5 nitrogen and oxygen atoms in total. The minimum absolute atomic E-state index is 0.0109. The number of methoxy groups -OCH3 is 1. The summed E-state index contributed by atoms with van der Waals surface area (Å²) in [7, 11) is 1.49. The maximum Gasteiger partial charge on any atom is 0.573 e. The Morgan fingerprint density at radius 3 is 2.64 bits per heavy atom. The largest absolute Gasteiger partial charge is 0.573 e. The molecule has 152 valence electrons. The van der Waals surface area contributed by atoms with E-state index < -0.39 is 6.36 Å². The first kappa shape index (κ1) is 20.3. The fourth-order valence-electron chi connectivity index (χ4n) is 3.31. The number of piperidine rings is 1. The third kappa shape index (κ3) is 5.77. The second-order valence-corrected chi connectivity index (χ2v) is 6.59. The summed E-state index contributed by atoms with van der Waals surface area (Å²) < 4.78 is 46.8. The molecule has 1 aliphatic heterocycles. The lowest BCUT2D eigenvalue weighted by Gasteiger charge is -2.34. The van der Waals surface area contributed by atoms with Crippen LogP contribution in [0.1, 0.15) is 18.4 Å². The Morgan fingerprint density at radius 1 is 1.14 bits per heavy atom. The minimum atomic E-state index is -4.72. The van der Waals surface area contributed by atoms with Crippen LogP contribution in [0.5, 0.6) is 11.5 Å². The average Bonchev–Trinajstić information content (AvgIpc) is 2.67. The zero-order chi connectivity index (χ0) is 20.0. The van der Waals surface area contributed by atoms with Crippen LogP contribution in [-0.2, 0) is 6.54 Å². The number of ether oxygens (including phenoxy) is 2. The van der Waals surface area contributed by atoms with Crippen molar-refractivity contribution in [2.24, 2.45) is 0 Å². The minimum Gasteiger partial charge on any atom is -0.496 e. The quantitative estimate of drug-likeness (QED) is 0.665. The predicted molar refractivity (Wildman–Crippen MR) is 101 cm³/mol. The highest BCUT2D eigenvalue weighted by Crippen LogP contribution is 2.28. The summed E-state index contributed by atoms with van der Waals surface area (Å²) in [5.74, 6) is 0.254. The number of nitrogens with one attached hydrogen (secondary N) is 3. The van der Waals surface area contributed by atoms with Crippen molar-refractivity contribution < 1.29 is 22.6 Å². The summed E-state index contributed by atoms with van der Waals surface area (Å²) in [6, 6.07) is 14.1. The molecule has 2 aromatic carbocycles. The Labute approximate surface area is 162 Å². The summed E-state index contributed by atoms with van der Waals surface area (Å²) >= 11 is 0. The third-order valence-electron chi connectivity index (χ3n) is 4.59. The van der Waals surface area contributed by atoms with Crippen LogP contribution in [-0.4, -0.2) is 32.2 Å². The molecule has 0 bridgehead atoms. The zero-order valence-corrected chi connectivity index (χ0v) is 15.6. The summed E-state index contributed by atoms with van der Waals surface area (Å²) in [6.45, 7) is 1.26. The highest BCUT2D eigenvalue weighted by atomic mass is 19.4.